The quantitative estimate of drug-likeness (QED) is 0.493. The highest BCUT2D eigenvalue weighted by Gasteiger charge is 2.23. The Hall–Kier alpha value is -2.60. The molecule has 1 atom stereocenters. The van der Waals surface area contributed by atoms with Crippen molar-refractivity contribution in [1.29, 1.82) is 0 Å². The maximum Gasteiger partial charge on any atom is -0.0146 e. The monoisotopic (exact) mass is 350 g/mol. The van der Waals surface area contributed by atoms with Gasteiger partial charge in [-0.15, -0.1) is 0 Å². The molecule has 3 aromatic rings. The second kappa shape index (κ2) is 7.19. The molecule has 3 aromatic carbocycles. The topological polar surface area (TPSA) is 0 Å². The van der Waals surface area contributed by atoms with Crippen LogP contribution in [0.3, 0.4) is 0 Å². The van der Waals surface area contributed by atoms with E-state index in [0.29, 0.717) is 5.92 Å². The minimum Gasteiger partial charge on any atom is -0.0805 e. The molecule has 2 aliphatic rings. The molecule has 5 rings (SSSR count). The first-order chi connectivity index (χ1) is 13.4. The van der Waals surface area contributed by atoms with Gasteiger partial charge in [0.05, 0.1) is 0 Å². The van der Waals surface area contributed by atoms with Crippen molar-refractivity contribution >= 4 is 6.08 Å². The Morgan fingerprint density at radius 1 is 0.741 bits per heavy atom. The molecule has 0 aromatic heterocycles. The largest absolute Gasteiger partial charge is 0.0805 e. The van der Waals surface area contributed by atoms with Gasteiger partial charge in [0.1, 0.15) is 0 Å². The molecule has 0 bridgehead atoms. The first-order valence-electron chi connectivity index (χ1n) is 10.3. The van der Waals surface area contributed by atoms with Crippen LogP contribution in [-0.2, 0) is 25.7 Å². The molecule has 0 spiro atoms. The second-order valence-corrected chi connectivity index (χ2v) is 8.02. The van der Waals surface area contributed by atoms with Crippen LogP contribution in [0.1, 0.15) is 40.7 Å². The van der Waals surface area contributed by atoms with E-state index in [2.05, 4.69) is 78.9 Å². The van der Waals surface area contributed by atoms with Crippen molar-refractivity contribution in [2.24, 2.45) is 5.92 Å². The predicted molar refractivity (Wildman–Crippen MR) is 115 cm³/mol. The lowest BCUT2D eigenvalue weighted by atomic mass is 9.77. The average molecular weight is 351 g/mol. The minimum absolute atomic E-state index is 0.685. The van der Waals surface area contributed by atoms with E-state index in [1.165, 1.54) is 66.3 Å². The molecule has 0 fully saturated rings. The molecule has 0 N–H and O–H groups in total. The number of aryl methyl sites for hydroxylation is 2. The summed E-state index contributed by atoms with van der Waals surface area (Å²) < 4.78 is 0. The van der Waals surface area contributed by atoms with Gasteiger partial charge in [0.15, 0.2) is 0 Å². The average Bonchev–Trinajstić information content (AvgIpc) is 2.74. The van der Waals surface area contributed by atoms with Crippen LogP contribution in [0, 0.1) is 5.92 Å². The Bertz CT molecular complexity index is 978. The number of allylic oxidation sites excluding steroid dienone is 1. The van der Waals surface area contributed by atoms with Crippen molar-refractivity contribution in [3.8, 4) is 11.1 Å². The van der Waals surface area contributed by atoms with Crippen LogP contribution in [-0.4, -0.2) is 0 Å². The number of rotatable bonds is 4. The van der Waals surface area contributed by atoms with Crippen LogP contribution in [0.2, 0.25) is 0 Å². The van der Waals surface area contributed by atoms with E-state index in [1.54, 1.807) is 11.1 Å². The highest BCUT2D eigenvalue weighted by Crippen LogP contribution is 2.39. The van der Waals surface area contributed by atoms with E-state index in [-0.39, 0.29) is 0 Å². The minimum atomic E-state index is 0.685. The fourth-order valence-corrected chi connectivity index (χ4v) is 4.89. The third kappa shape index (κ3) is 3.25. The van der Waals surface area contributed by atoms with E-state index in [0.717, 1.165) is 0 Å². The summed E-state index contributed by atoms with van der Waals surface area (Å²) in [5.41, 5.74) is 10.6. The van der Waals surface area contributed by atoms with E-state index < -0.39 is 0 Å². The predicted octanol–water partition coefficient (Wildman–Crippen LogP) is 6.66. The maximum atomic E-state index is 2.45. The molecule has 27 heavy (non-hydrogen) atoms. The first-order valence-corrected chi connectivity index (χ1v) is 10.3. The van der Waals surface area contributed by atoms with Crippen molar-refractivity contribution in [2.75, 3.05) is 0 Å². The second-order valence-electron chi connectivity index (χ2n) is 8.02. The number of fused-ring (bicyclic) bond motifs is 5. The Kier molecular flexibility index (Phi) is 4.41. The molecule has 0 heterocycles. The van der Waals surface area contributed by atoms with E-state index >= 15 is 0 Å². The van der Waals surface area contributed by atoms with Gasteiger partial charge in [0.2, 0.25) is 0 Å². The summed E-state index contributed by atoms with van der Waals surface area (Å²) in [5.74, 6) is 0.685. The third-order valence-corrected chi connectivity index (χ3v) is 6.32. The third-order valence-electron chi connectivity index (χ3n) is 6.32. The Labute approximate surface area is 162 Å². The van der Waals surface area contributed by atoms with Gasteiger partial charge in [0.25, 0.3) is 0 Å². The van der Waals surface area contributed by atoms with Gasteiger partial charge in [-0.1, -0.05) is 78.9 Å². The fourth-order valence-electron chi connectivity index (χ4n) is 4.89. The van der Waals surface area contributed by atoms with Gasteiger partial charge < -0.3 is 0 Å². The lowest BCUT2D eigenvalue weighted by Crippen LogP contribution is -2.14. The van der Waals surface area contributed by atoms with Crippen molar-refractivity contribution in [2.45, 2.75) is 38.5 Å². The molecule has 0 amide bonds. The van der Waals surface area contributed by atoms with Gasteiger partial charge >= 0.3 is 0 Å². The zero-order chi connectivity index (χ0) is 18.1. The number of benzene rings is 3. The molecule has 0 heteroatoms. The van der Waals surface area contributed by atoms with Gasteiger partial charge in [-0.25, -0.2) is 0 Å². The number of hydrogen-bond acceptors (Lipinski definition) is 0. The summed E-state index contributed by atoms with van der Waals surface area (Å²) in [6, 6.07) is 24.5. The number of hydrogen-bond donors (Lipinski definition) is 0. The molecule has 2 aliphatic carbocycles. The Balaban J connectivity index is 1.35. The Morgan fingerprint density at radius 3 is 2.52 bits per heavy atom. The molecular weight excluding hydrogens is 324 g/mol. The molecule has 0 nitrogen and oxygen atoms in total. The Morgan fingerprint density at radius 2 is 1.59 bits per heavy atom. The van der Waals surface area contributed by atoms with Gasteiger partial charge in [-0.05, 0) is 83.4 Å². The molecule has 1 unspecified atom stereocenters. The molecular formula is C27H26. The SMILES string of the molecule is C1=CC(CCCc2ccccc2)Cc2c1ccc1c2CCc2ccccc2-1. The highest BCUT2D eigenvalue weighted by atomic mass is 14.3. The van der Waals surface area contributed by atoms with Crippen LogP contribution < -0.4 is 0 Å². The molecule has 0 saturated carbocycles. The van der Waals surface area contributed by atoms with Gasteiger partial charge in [0, 0.05) is 0 Å². The van der Waals surface area contributed by atoms with Crippen LogP contribution in [0.15, 0.2) is 72.8 Å². The fraction of sp³-hybridized carbons (Fsp3) is 0.259. The summed E-state index contributed by atoms with van der Waals surface area (Å²) in [5, 5.41) is 0. The van der Waals surface area contributed by atoms with E-state index in [4.69, 9.17) is 0 Å². The molecule has 0 aliphatic heterocycles. The highest BCUT2D eigenvalue weighted by molar-refractivity contribution is 5.77. The lowest BCUT2D eigenvalue weighted by Gasteiger charge is -2.27. The van der Waals surface area contributed by atoms with Crippen molar-refractivity contribution in [1.82, 2.24) is 0 Å². The normalized spacial score (nSPS) is 17.1. The maximum absolute atomic E-state index is 2.45. The van der Waals surface area contributed by atoms with Gasteiger partial charge in [-0.3, -0.25) is 0 Å². The molecule has 0 saturated heterocycles. The van der Waals surface area contributed by atoms with E-state index in [9.17, 15) is 0 Å². The summed E-state index contributed by atoms with van der Waals surface area (Å²) >= 11 is 0. The molecule has 134 valence electrons. The lowest BCUT2D eigenvalue weighted by molar-refractivity contribution is 0.553. The summed E-state index contributed by atoms with van der Waals surface area (Å²) in [7, 11) is 0. The van der Waals surface area contributed by atoms with Crippen molar-refractivity contribution in [3.63, 3.8) is 0 Å². The summed E-state index contributed by atoms with van der Waals surface area (Å²) in [6.45, 7) is 0. The van der Waals surface area contributed by atoms with Crippen LogP contribution in [0.5, 0.6) is 0 Å². The zero-order valence-electron chi connectivity index (χ0n) is 15.8. The van der Waals surface area contributed by atoms with Crippen LogP contribution in [0.25, 0.3) is 17.2 Å². The van der Waals surface area contributed by atoms with Crippen molar-refractivity contribution < 1.29 is 0 Å². The smallest absolute Gasteiger partial charge is 0.0146 e. The van der Waals surface area contributed by atoms with Gasteiger partial charge in [-0.2, -0.15) is 0 Å². The summed E-state index contributed by atoms with van der Waals surface area (Å²) in [4.78, 5) is 0. The first kappa shape index (κ1) is 16.6. The van der Waals surface area contributed by atoms with E-state index in [1.807, 2.05) is 0 Å². The van der Waals surface area contributed by atoms with Crippen LogP contribution >= 0.6 is 0 Å². The zero-order valence-corrected chi connectivity index (χ0v) is 15.8. The summed E-state index contributed by atoms with van der Waals surface area (Å²) in [6.07, 6.45) is 12.2. The van der Waals surface area contributed by atoms with Crippen molar-refractivity contribution in [3.05, 3.63) is 101 Å². The molecule has 0 radical (unpaired) electrons. The van der Waals surface area contributed by atoms with Crippen LogP contribution in [0.4, 0.5) is 0 Å². The standard InChI is InChI=1S/C27H26/c1-2-7-20(8-3-1)9-6-10-21-13-14-23-16-17-25-24-12-5-4-11-22(24)15-18-26(25)27(23)19-21/h1-5,7-8,11-14,16-17,21H,6,9-10,15,18-19H2.